The third-order valence-electron chi connectivity index (χ3n) is 2.60. The van der Waals surface area contributed by atoms with Crippen molar-refractivity contribution in [2.24, 2.45) is 5.73 Å². The van der Waals surface area contributed by atoms with Crippen molar-refractivity contribution in [2.75, 3.05) is 0 Å². The van der Waals surface area contributed by atoms with Crippen molar-refractivity contribution in [3.8, 4) is 0 Å². The van der Waals surface area contributed by atoms with Crippen LogP contribution >= 0.6 is 0 Å². The van der Waals surface area contributed by atoms with E-state index >= 15 is 0 Å². The summed E-state index contributed by atoms with van der Waals surface area (Å²) in [5, 5.41) is 1.06. The van der Waals surface area contributed by atoms with Gasteiger partial charge < -0.3 is 14.6 Å². The highest BCUT2D eigenvalue weighted by Gasteiger charge is 2.16. The van der Waals surface area contributed by atoms with Crippen LogP contribution < -0.4 is 5.73 Å². The highest BCUT2D eigenvalue weighted by atomic mass is 16.4. The highest BCUT2D eigenvalue weighted by Crippen LogP contribution is 2.26. The van der Waals surface area contributed by atoms with E-state index in [0.29, 0.717) is 5.76 Å². The summed E-state index contributed by atoms with van der Waals surface area (Å²) >= 11 is 0. The average molecular weight is 213 g/mol. The molecule has 0 fully saturated rings. The third kappa shape index (κ3) is 1.42. The van der Waals surface area contributed by atoms with E-state index in [-0.39, 0.29) is 6.04 Å². The molecular weight excluding hydrogens is 202 g/mol. The molecule has 2 N–H and O–H groups in total. The van der Waals surface area contributed by atoms with Crippen LogP contribution in [0.2, 0.25) is 0 Å². The van der Waals surface area contributed by atoms with Crippen molar-refractivity contribution >= 4 is 11.0 Å². The Bertz CT molecular complexity index is 562. The van der Waals surface area contributed by atoms with E-state index < -0.39 is 0 Å². The van der Waals surface area contributed by atoms with Gasteiger partial charge in [-0.2, -0.15) is 0 Å². The molecule has 3 aromatic rings. The van der Waals surface area contributed by atoms with E-state index in [1.54, 1.807) is 6.26 Å². The molecule has 0 bridgehead atoms. The molecule has 0 saturated carbocycles. The van der Waals surface area contributed by atoms with E-state index in [9.17, 15) is 0 Å². The predicted octanol–water partition coefficient (Wildman–Crippen LogP) is 3.07. The van der Waals surface area contributed by atoms with E-state index in [1.165, 1.54) is 0 Å². The maximum absolute atomic E-state index is 6.04. The summed E-state index contributed by atoms with van der Waals surface area (Å²) in [6.45, 7) is 0. The summed E-state index contributed by atoms with van der Waals surface area (Å²) in [7, 11) is 0. The lowest BCUT2D eigenvalue weighted by Gasteiger charge is -2.03. The van der Waals surface area contributed by atoms with Gasteiger partial charge in [-0.1, -0.05) is 18.2 Å². The zero-order valence-electron chi connectivity index (χ0n) is 8.59. The third-order valence-corrected chi connectivity index (χ3v) is 2.60. The van der Waals surface area contributed by atoms with Crippen LogP contribution in [0.1, 0.15) is 17.6 Å². The van der Waals surface area contributed by atoms with Gasteiger partial charge in [0.2, 0.25) is 0 Å². The molecule has 0 spiro atoms. The Kier molecular flexibility index (Phi) is 2.04. The smallest absolute Gasteiger partial charge is 0.134 e. The molecule has 2 heterocycles. The van der Waals surface area contributed by atoms with Crippen LogP contribution in [0.5, 0.6) is 0 Å². The number of hydrogen-bond donors (Lipinski definition) is 1. The quantitative estimate of drug-likeness (QED) is 0.711. The molecule has 0 radical (unpaired) electrons. The molecule has 2 aromatic heterocycles. The van der Waals surface area contributed by atoms with Crippen molar-refractivity contribution in [1.82, 2.24) is 0 Å². The van der Waals surface area contributed by atoms with Gasteiger partial charge in [0.05, 0.1) is 6.26 Å². The van der Waals surface area contributed by atoms with Crippen molar-refractivity contribution < 1.29 is 8.83 Å². The van der Waals surface area contributed by atoms with Gasteiger partial charge in [0.1, 0.15) is 23.1 Å². The first-order valence-corrected chi connectivity index (χ1v) is 5.12. The molecule has 0 aliphatic heterocycles. The van der Waals surface area contributed by atoms with Gasteiger partial charge in [-0.3, -0.25) is 0 Å². The predicted molar refractivity (Wildman–Crippen MR) is 61.0 cm³/mol. The number of rotatable bonds is 2. The maximum atomic E-state index is 6.04. The second kappa shape index (κ2) is 3.54. The molecule has 0 saturated heterocycles. The van der Waals surface area contributed by atoms with Crippen LogP contribution in [-0.2, 0) is 0 Å². The SMILES string of the molecule is NC(c1ccco1)c1cc2ccccc2o1. The first-order valence-electron chi connectivity index (χ1n) is 5.12. The minimum atomic E-state index is -0.345. The van der Waals surface area contributed by atoms with Gasteiger partial charge in [-0.25, -0.2) is 0 Å². The molecule has 1 atom stereocenters. The van der Waals surface area contributed by atoms with Gasteiger partial charge in [0.25, 0.3) is 0 Å². The minimum absolute atomic E-state index is 0.345. The fourth-order valence-corrected chi connectivity index (χ4v) is 1.76. The van der Waals surface area contributed by atoms with Gasteiger partial charge in [0.15, 0.2) is 0 Å². The van der Waals surface area contributed by atoms with Crippen LogP contribution in [0.15, 0.2) is 57.6 Å². The fourth-order valence-electron chi connectivity index (χ4n) is 1.76. The molecular formula is C13H11NO2. The van der Waals surface area contributed by atoms with E-state index in [4.69, 9.17) is 14.6 Å². The fraction of sp³-hybridized carbons (Fsp3) is 0.0769. The largest absolute Gasteiger partial charge is 0.467 e. The lowest BCUT2D eigenvalue weighted by molar-refractivity contribution is 0.445. The number of hydrogen-bond acceptors (Lipinski definition) is 3. The molecule has 1 unspecified atom stereocenters. The van der Waals surface area contributed by atoms with Crippen LogP contribution in [0.3, 0.4) is 0 Å². The molecule has 16 heavy (non-hydrogen) atoms. The second-order valence-electron chi connectivity index (χ2n) is 3.68. The first-order chi connectivity index (χ1) is 7.84. The summed E-state index contributed by atoms with van der Waals surface area (Å²) < 4.78 is 10.9. The van der Waals surface area contributed by atoms with Gasteiger partial charge in [-0.15, -0.1) is 0 Å². The minimum Gasteiger partial charge on any atom is -0.467 e. The standard InChI is InChI=1S/C13H11NO2/c14-13(11-6-3-7-15-11)12-8-9-4-1-2-5-10(9)16-12/h1-8,13H,14H2. The number of benzene rings is 1. The average Bonchev–Trinajstić information content (AvgIpc) is 2.97. The van der Waals surface area contributed by atoms with E-state index in [0.717, 1.165) is 16.7 Å². The summed E-state index contributed by atoms with van der Waals surface area (Å²) in [6, 6.07) is 13.1. The van der Waals surface area contributed by atoms with E-state index in [2.05, 4.69) is 0 Å². The Morgan fingerprint density at radius 3 is 2.62 bits per heavy atom. The molecule has 3 rings (SSSR count). The molecule has 3 nitrogen and oxygen atoms in total. The normalized spacial score (nSPS) is 13.1. The molecule has 0 aliphatic carbocycles. The van der Waals surface area contributed by atoms with Crippen LogP contribution in [0, 0.1) is 0 Å². The summed E-state index contributed by atoms with van der Waals surface area (Å²) in [5.41, 5.74) is 6.88. The van der Waals surface area contributed by atoms with Crippen molar-refractivity contribution in [1.29, 1.82) is 0 Å². The Morgan fingerprint density at radius 2 is 1.88 bits per heavy atom. The second-order valence-corrected chi connectivity index (χ2v) is 3.68. The Labute approximate surface area is 92.5 Å². The highest BCUT2D eigenvalue weighted by molar-refractivity contribution is 5.77. The summed E-state index contributed by atoms with van der Waals surface area (Å²) in [4.78, 5) is 0. The van der Waals surface area contributed by atoms with Gasteiger partial charge >= 0.3 is 0 Å². The number of nitrogens with two attached hydrogens (primary N) is 1. The van der Waals surface area contributed by atoms with Crippen LogP contribution in [0.25, 0.3) is 11.0 Å². The Balaban J connectivity index is 2.06. The van der Waals surface area contributed by atoms with E-state index in [1.807, 2.05) is 42.5 Å². The monoisotopic (exact) mass is 213 g/mol. The molecule has 1 aromatic carbocycles. The van der Waals surface area contributed by atoms with Crippen LogP contribution in [0.4, 0.5) is 0 Å². The number of fused-ring (bicyclic) bond motifs is 1. The lowest BCUT2D eigenvalue weighted by Crippen LogP contribution is -2.09. The Morgan fingerprint density at radius 1 is 1.00 bits per heavy atom. The van der Waals surface area contributed by atoms with Gasteiger partial charge in [0, 0.05) is 5.39 Å². The zero-order valence-corrected chi connectivity index (χ0v) is 8.59. The summed E-state index contributed by atoms with van der Waals surface area (Å²) in [5.74, 6) is 1.43. The summed E-state index contributed by atoms with van der Waals surface area (Å²) in [6.07, 6.45) is 1.61. The molecule has 3 heteroatoms. The Hall–Kier alpha value is -2.00. The maximum Gasteiger partial charge on any atom is 0.134 e. The van der Waals surface area contributed by atoms with Gasteiger partial charge in [-0.05, 0) is 24.3 Å². The van der Waals surface area contributed by atoms with Crippen molar-refractivity contribution in [3.05, 3.63) is 60.2 Å². The first kappa shape index (κ1) is 9.24. The zero-order chi connectivity index (χ0) is 11.0. The van der Waals surface area contributed by atoms with Crippen molar-refractivity contribution in [2.45, 2.75) is 6.04 Å². The molecule has 0 amide bonds. The van der Waals surface area contributed by atoms with Crippen LogP contribution in [-0.4, -0.2) is 0 Å². The molecule has 80 valence electrons. The van der Waals surface area contributed by atoms with Crippen molar-refractivity contribution in [3.63, 3.8) is 0 Å². The number of furan rings is 2. The number of para-hydroxylation sites is 1. The lowest BCUT2D eigenvalue weighted by atomic mass is 10.1. The topological polar surface area (TPSA) is 52.3 Å². The molecule has 0 aliphatic rings.